The minimum absolute atomic E-state index is 0.739. The third-order valence-electron chi connectivity index (χ3n) is 3.39. The van der Waals surface area contributed by atoms with Gasteiger partial charge in [0, 0.05) is 38.3 Å². The molecule has 0 aliphatic carbocycles. The number of ether oxygens (including phenoxy) is 1. The predicted molar refractivity (Wildman–Crippen MR) is 71.4 cm³/mol. The lowest BCUT2D eigenvalue weighted by molar-refractivity contribution is 0.112. The molecule has 0 aromatic heterocycles. The van der Waals surface area contributed by atoms with E-state index in [4.69, 9.17) is 4.74 Å². The number of carbonyl (C=O) groups is 1. The van der Waals surface area contributed by atoms with Crippen molar-refractivity contribution >= 4 is 6.29 Å². The van der Waals surface area contributed by atoms with Crippen LogP contribution in [0.5, 0.6) is 5.75 Å². The quantitative estimate of drug-likeness (QED) is 0.788. The Kier molecular flexibility index (Phi) is 4.73. The second kappa shape index (κ2) is 6.52. The number of nitrogens with zero attached hydrogens (tertiary/aromatic N) is 1. The molecule has 1 aliphatic rings. The van der Waals surface area contributed by atoms with E-state index in [2.05, 4.69) is 10.2 Å². The molecule has 0 amide bonds. The predicted octanol–water partition coefficient (Wildman–Crippen LogP) is 0.955. The molecule has 0 saturated carbocycles. The van der Waals surface area contributed by atoms with Crippen LogP contribution in [0.3, 0.4) is 0 Å². The van der Waals surface area contributed by atoms with Gasteiger partial charge in [-0.1, -0.05) is 6.07 Å². The van der Waals surface area contributed by atoms with Gasteiger partial charge in [-0.3, -0.25) is 4.79 Å². The number of piperazine rings is 1. The maximum absolute atomic E-state index is 11.1. The van der Waals surface area contributed by atoms with Crippen LogP contribution < -0.4 is 10.1 Å². The van der Waals surface area contributed by atoms with Crippen molar-refractivity contribution in [3.05, 3.63) is 29.3 Å². The number of nitrogens with one attached hydrogen (secondary N) is 1. The molecule has 1 aromatic rings. The van der Waals surface area contributed by atoms with E-state index >= 15 is 0 Å². The van der Waals surface area contributed by atoms with E-state index in [1.807, 2.05) is 12.1 Å². The molecule has 0 spiro atoms. The molecule has 1 aromatic carbocycles. The highest BCUT2D eigenvalue weighted by atomic mass is 16.5. The number of benzene rings is 1. The highest BCUT2D eigenvalue weighted by Gasteiger charge is 2.10. The molecular weight excluding hydrogens is 228 g/mol. The van der Waals surface area contributed by atoms with Crippen molar-refractivity contribution in [2.45, 2.75) is 6.42 Å². The molecule has 98 valence electrons. The van der Waals surface area contributed by atoms with E-state index in [1.54, 1.807) is 13.2 Å². The van der Waals surface area contributed by atoms with Gasteiger partial charge in [0.05, 0.1) is 7.11 Å². The van der Waals surface area contributed by atoms with Gasteiger partial charge in [-0.05, 0) is 24.1 Å². The van der Waals surface area contributed by atoms with Crippen LogP contribution in [0.1, 0.15) is 15.9 Å². The molecule has 2 rings (SSSR count). The van der Waals surface area contributed by atoms with Gasteiger partial charge in [-0.25, -0.2) is 0 Å². The zero-order valence-electron chi connectivity index (χ0n) is 10.8. The molecular formula is C14H20N2O2. The summed E-state index contributed by atoms with van der Waals surface area (Å²) in [7, 11) is 1.62. The molecule has 4 nitrogen and oxygen atoms in total. The summed E-state index contributed by atoms with van der Waals surface area (Å²) in [5, 5.41) is 3.34. The molecule has 4 heteroatoms. The molecule has 0 radical (unpaired) electrons. The van der Waals surface area contributed by atoms with E-state index in [0.29, 0.717) is 0 Å². The minimum Gasteiger partial charge on any atom is -0.497 e. The fourth-order valence-corrected chi connectivity index (χ4v) is 2.25. The first-order chi connectivity index (χ1) is 8.83. The summed E-state index contributed by atoms with van der Waals surface area (Å²) in [6.07, 6.45) is 1.83. The second-order valence-corrected chi connectivity index (χ2v) is 4.52. The molecule has 0 unspecified atom stereocenters. The maximum atomic E-state index is 11.1. The van der Waals surface area contributed by atoms with Crippen LogP contribution in [0, 0.1) is 0 Å². The van der Waals surface area contributed by atoms with Crippen molar-refractivity contribution in [3.8, 4) is 5.75 Å². The molecule has 0 atom stereocenters. The molecule has 1 fully saturated rings. The smallest absolute Gasteiger partial charge is 0.150 e. The van der Waals surface area contributed by atoms with Gasteiger partial charge in [0.25, 0.3) is 0 Å². The third-order valence-corrected chi connectivity index (χ3v) is 3.39. The van der Waals surface area contributed by atoms with E-state index in [-0.39, 0.29) is 0 Å². The Morgan fingerprint density at radius 3 is 2.83 bits per heavy atom. The minimum atomic E-state index is 0.739. The van der Waals surface area contributed by atoms with Crippen molar-refractivity contribution < 1.29 is 9.53 Å². The van der Waals surface area contributed by atoms with Crippen LogP contribution in [0.15, 0.2) is 18.2 Å². The summed E-state index contributed by atoms with van der Waals surface area (Å²) in [5.74, 6) is 0.739. The lowest BCUT2D eigenvalue weighted by Gasteiger charge is -2.27. The Labute approximate surface area is 108 Å². The number of hydrogen-bond donors (Lipinski definition) is 1. The highest BCUT2D eigenvalue weighted by molar-refractivity contribution is 5.78. The Bertz CT molecular complexity index is 401. The van der Waals surface area contributed by atoms with Crippen molar-refractivity contribution in [1.29, 1.82) is 0 Å². The summed E-state index contributed by atoms with van der Waals surface area (Å²) in [6.45, 7) is 5.31. The molecule has 1 heterocycles. The fraction of sp³-hybridized carbons (Fsp3) is 0.500. The topological polar surface area (TPSA) is 41.6 Å². The van der Waals surface area contributed by atoms with Crippen LogP contribution in [-0.2, 0) is 6.42 Å². The van der Waals surface area contributed by atoms with Crippen molar-refractivity contribution in [1.82, 2.24) is 10.2 Å². The summed E-state index contributed by atoms with van der Waals surface area (Å²) in [4.78, 5) is 13.5. The van der Waals surface area contributed by atoms with Crippen LogP contribution >= 0.6 is 0 Å². The SMILES string of the molecule is COc1ccc(CCN2CCNCC2)c(C=O)c1. The maximum Gasteiger partial charge on any atom is 0.150 e. The van der Waals surface area contributed by atoms with Crippen molar-refractivity contribution in [2.75, 3.05) is 39.8 Å². The Balaban J connectivity index is 1.97. The van der Waals surface area contributed by atoms with Crippen LogP contribution in [-0.4, -0.2) is 51.0 Å². The van der Waals surface area contributed by atoms with E-state index in [9.17, 15) is 4.79 Å². The molecule has 18 heavy (non-hydrogen) atoms. The summed E-state index contributed by atoms with van der Waals surface area (Å²) in [6, 6.07) is 5.71. The number of methoxy groups -OCH3 is 1. The monoisotopic (exact) mass is 248 g/mol. The third kappa shape index (κ3) is 3.31. The largest absolute Gasteiger partial charge is 0.497 e. The van der Waals surface area contributed by atoms with Crippen LogP contribution in [0.25, 0.3) is 0 Å². The fourth-order valence-electron chi connectivity index (χ4n) is 2.25. The molecule has 1 aliphatic heterocycles. The molecule has 1 N–H and O–H groups in total. The Morgan fingerprint density at radius 1 is 1.39 bits per heavy atom. The van der Waals surface area contributed by atoms with Gasteiger partial charge in [0.2, 0.25) is 0 Å². The average Bonchev–Trinajstić information content (AvgIpc) is 2.46. The standard InChI is InChI=1S/C14H20N2O2/c1-18-14-3-2-12(13(10-14)11-17)4-7-16-8-5-15-6-9-16/h2-3,10-11,15H,4-9H2,1H3. The second-order valence-electron chi connectivity index (χ2n) is 4.52. The van der Waals surface area contributed by atoms with E-state index < -0.39 is 0 Å². The first kappa shape index (κ1) is 13.1. The van der Waals surface area contributed by atoms with Crippen molar-refractivity contribution in [2.24, 2.45) is 0 Å². The highest BCUT2D eigenvalue weighted by Crippen LogP contribution is 2.17. The number of hydrogen-bond acceptors (Lipinski definition) is 4. The number of carbonyl (C=O) groups excluding carboxylic acids is 1. The Morgan fingerprint density at radius 2 is 2.17 bits per heavy atom. The van der Waals surface area contributed by atoms with Gasteiger partial charge in [-0.15, -0.1) is 0 Å². The summed E-state index contributed by atoms with van der Waals surface area (Å²) in [5.41, 5.74) is 1.84. The van der Waals surface area contributed by atoms with Gasteiger partial charge in [0.1, 0.15) is 12.0 Å². The van der Waals surface area contributed by atoms with Gasteiger partial charge in [-0.2, -0.15) is 0 Å². The number of rotatable bonds is 5. The lowest BCUT2D eigenvalue weighted by atomic mass is 10.0. The van der Waals surface area contributed by atoms with Crippen LogP contribution in [0.4, 0.5) is 0 Å². The normalized spacial score (nSPS) is 16.5. The van der Waals surface area contributed by atoms with E-state index in [0.717, 1.165) is 62.3 Å². The summed E-state index contributed by atoms with van der Waals surface area (Å²) < 4.78 is 5.13. The van der Waals surface area contributed by atoms with Crippen LogP contribution in [0.2, 0.25) is 0 Å². The molecule has 1 saturated heterocycles. The zero-order chi connectivity index (χ0) is 12.8. The summed E-state index contributed by atoms with van der Waals surface area (Å²) >= 11 is 0. The van der Waals surface area contributed by atoms with Crippen molar-refractivity contribution in [3.63, 3.8) is 0 Å². The Hall–Kier alpha value is -1.39. The first-order valence-corrected chi connectivity index (χ1v) is 6.38. The average molecular weight is 248 g/mol. The van der Waals surface area contributed by atoms with Gasteiger partial charge in [0.15, 0.2) is 0 Å². The number of aldehydes is 1. The zero-order valence-corrected chi connectivity index (χ0v) is 10.8. The lowest BCUT2D eigenvalue weighted by Crippen LogP contribution is -2.44. The van der Waals surface area contributed by atoms with E-state index in [1.165, 1.54) is 0 Å². The first-order valence-electron chi connectivity index (χ1n) is 6.38. The van der Waals surface area contributed by atoms with Gasteiger partial charge < -0.3 is 15.0 Å². The van der Waals surface area contributed by atoms with Gasteiger partial charge >= 0.3 is 0 Å². The molecule has 0 bridgehead atoms.